The van der Waals surface area contributed by atoms with Crippen molar-refractivity contribution < 1.29 is 14.7 Å². The van der Waals surface area contributed by atoms with Gasteiger partial charge in [-0.15, -0.1) is 0 Å². The predicted molar refractivity (Wildman–Crippen MR) is 65.5 cm³/mol. The molecule has 2 rings (SSSR count). The number of aromatic carboxylic acids is 1. The van der Waals surface area contributed by atoms with Crippen molar-refractivity contribution in [1.29, 1.82) is 0 Å². The van der Waals surface area contributed by atoms with E-state index in [1.807, 2.05) is 13.0 Å². The zero-order valence-corrected chi connectivity index (χ0v) is 10.1. The van der Waals surface area contributed by atoms with Gasteiger partial charge in [-0.1, -0.05) is 11.6 Å². The Bertz CT molecular complexity index is 523. The van der Waals surface area contributed by atoms with E-state index in [9.17, 15) is 9.59 Å². The Labute approximate surface area is 105 Å². The molecular weight excluding hydrogens is 232 g/mol. The summed E-state index contributed by atoms with van der Waals surface area (Å²) in [6, 6.07) is 2.86. The lowest BCUT2D eigenvalue weighted by atomic mass is 10.1. The van der Waals surface area contributed by atoms with Crippen molar-refractivity contribution >= 4 is 11.9 Å². The van der Waals surface area contributed by atoms with Gasteiger partial charge in [0.25, 0.3) is 5.91 Å². The van der Waals surface area contributed by atoms with E-state index in [1.165, 1.54) is 17.8 Å². The lowest BCUT2D eigenvalue weighted by Gasteiger charge is -2.25. The molecule has 94 valence electrons. The number of aromatic nitrogens is 1. The highest BCUT2D eigenvalue weighted by atomic mass is 16.4. The van der Waals surface area contributed by atoms with Gasteiger partial charge in [-0.25, -0.2) is 9.78 Å². The first kappa shape index (κ1) is 12.3. The molecule has 1 N–H and O–H groups in total. The lowest BCUT2D eigenvalue weighted by molar-refractivity contribution is 0.0690. The minimum absolute atomic E-state index is 0.107. The van der Waals surface area contributed by atoms with Crippen molar-refractivity contribution in [2.75, 3.05) is 13.1 Å². The first-order chi connectivity index (χ1) is 8.58. The number of carboxylic acids is 1. The van der Waals surface area contributed by atoms with Crippen LogP contribution in [0.25, 0.3) is 0 Å². The molecule has 5 heteroatoms. The lowest BCUT2D eigenvalue weighted by Crippen LogP contribution is -2.34. The third-order valence-corrected chi connectivity index (χ3v) is 2.95. The zero-order valence-electron chi connectivity index (χ0n) is 10.1. The Balaban J connectivity index is 2.19. The molecule has 5 nitrogen and oxygen atoms in total. The maximum Gasteiger partial charge on any atom is 0.354 e. The van der Waals surface area contributed by atoms with Gasteiger partial charge in [-0.05, 0) is 25.5 Å². The summed E-state index contributed by atoms with van der Waals surface area (Å²) >= 11 is 0. The molecule has 18 heavy (non-hydrogen) atoms. The molecule has 1 aromatic heterocycles. The molecule has 1 aliphatic rings. The number of rotatable bonds is 2. The van der Waals surface area contributed by atoms with Crippen LogP contribution in [-0.2, 0) is 0 Å². The van der Waals surface area contributed by atoms with Crippen LogP contribution in [0.15, 0.2) is 30.0 Å². The van der Waals surface area contributed by atoms with Gasteiger partial charge >= 0.3 is 5.97 Å². The quantitative estimate of drug-likeness (QED) is 0.804. The second kappa shape index (κ2) is 5.00. The molecule has 0 aliphatic carbocycles. The van der Waals surface area contributed by atoms with Crippen LogP contribution < -0.4 is 0 Å². The number of carboxylic acid groups (broad SMARTS) is 1. The molecule has 1 amide bonds. The average Bonchev–Trinajstić information content (AvgIpc) is 2.39. The third kappa shape index (κ3) is 2.56. The number of pyridine rings is 1. The molecule has 1 aliphatic heterocycles. The summed E-state index contributed by atoms with van der Waals surface area (Å²) in [6.45, 7) is 3.29. The predicted octanol–water partition coefficient (Wildman–Crippen LogP) is 1.57. The van der Waals surface area contributed by atoms with E-state index in [1.54, 1.807) is 11.0 Å². The zero-order chi connectivity index (χ0) is 13.1. The van der Waals surface area contributed by atoms with Gasteiger partial charge in [0.1, 0.15) is 5.69 Å². The van der Waals surface area contributed by atoms with Gasteiger partial charge < -0.3 is 10.0 Å². The van der Waals surface area contributed by atoms with Crippen LogP contribution in [0.1, 0.15) is 34.2 Å². The van der Waals surface area contributed by atoms with Crippen molar-refractivity contribution in [1.82, 2.24) is 9.88 Å². The molecule has 0 radical (unpaired) electrons. The van der Waals surface area contributed by atoms with Crippen molar-refractivity contribution in [3.05, 3.63) is 41.2 Å². The third-order valence-electron chi connectivity index (χ3n) is 2.95. The standard InChI is InChI=1S/C13H14N2O3/c1-9-3-6-15(7-4-9)12(16)10-2-5-14-11(8-10)13(17)18/h2-3,5,8H,4,6-7H2,1H3,(H,17,18). The normalized spacial score (nSPS) is 15.2. The molecule has 0 atom stereocenters. The van der Waals surface area contributed by atoms with E-state index in [0.717, 1.165) is 6.42 Å². The van der Waals surface area contributed by atoms with Gasteiger partial charge in [0, 0.05) is 24.8 Å². The topological polar surface area (TPSA) is 70.5 Å². The summed E-state index contributed by atoms with van der Waals surface area (Å²) in [7, 11) is 0. The fraction of sp³-hybridized carbons (Fsp3) is 0.308. The largest absolute Gasteiger partial charge is 0.477 e. The fourth-order valence-corrected chi connectivity index (χ4v) is 1.82. The van der Waals surface area contributed by atoms with Gasteiger partial charge in [0.15, 0.2) is 0 Å². The monoisotopic (exact) mass is 246 g/mol. The van der Waals surface area contributed by atoms with Crippen molar-refractivity contribution in [3.63, 3.8) is 0 Å². The first-order valence-electron chi connectivity index (χ1n) is 5.72. The Morgan fingerprint density at radius 2 is 2.22 bits per heavy atom. The summed E-state index contributed by atoms with van der Waals surface area (Å²) in [5.41, 5.74) is 1.54. The average molecular weight is 246 g/mol. The summed E-state index contributed by atoms with van der Waals surface area (Å²) in [6.07, 6.45) is 4.23. The maximum absolute atomic E-state index is 12.2. The number of carbonyl (C=O) groups is 2. The molecular formula is C13H14N2O3. The van der Waals surface area contributed by atoms with Crippen LogP contribution in [0.5, 0.6) is 0 Å². The molecule has 0 aromatic carbocycles. The first-order valence-corrected chi connectivity index (χ1v) is 5.72. The Hall–Kier alpha value is -2.17. The summed E-state index contributed by atoms with van der Waals surface area (Å²) < 4.78 is 0. The number of hydrogen-bond donors (Lipinski definition) is 1. The smallest absolute Gasteiger partial charge is 0.354 e. The Morgan fingerprint density at radius 3 is 2.83 bits per heavy atom. The van der Waals surface area contributed by atoms with Crippen LogP contribution >= 0.6 is 0 Å². The minimum Gasteiger partial charge on any atom is -0.477 e. The highest BCUT2D eigenvalue weighted by Gasteiger charge is 2.18. The highest BCUT2D eigenvalue weighted by Crippen LogP contribution is 2.13. The van der Waals surface area contributed by atoms with E-state index in [4.69, 9.17) is 5.11 Å². The number of nitrogens with zero attached hydrogens (tertiary/aromatic N) is 2. The van der Waals surface area contributed by atoms with Crippen LogP contribution in [0.4, 0.5) is 0 Å². The molecule has 0 spiro atoms. The number of amides is 1. The molecule has 0 bridgehead atoms. The minimum atomic E-state index is -1.13. The molecule has 1 aromatic rings. The van der Waals surface area contributed by atoms with Gasteiger partial charge in [-0.2, -0.15) is 0 Å². The van der Waals surface area contributed by atoms with Gasteiger partial charge in [-0.3, -0.25) is 4.79 Å². The molecule has 0 unspecified atom stereocenters. The van der Waals surface area contributed by atoms with Crippen molar-refractivity contribution in [2.45, 2.75) is 13.3 Å². The molecule has 0 fully saturated rings. The van der Waals surface area contributed by atoms with Crippen LogP contribution in [0.2, 0.25) is 0 Å². The van der Waals surface area contributed by atoms with Crippen molar-refractivity contribution in [3.8, 4) is 0 Å². The van der Waals surface area contributed by atoms with E-state index in [-0.39, 0.29) is 11.6 Å². The molecule has 2 heterocycles. The maximum atomic E-state index is 12.2. The summed E-state index contributed by atoms with van der Waals surface area (Å²) in [5, 5.41) is 8.84. The van der Waals surface area contributed by atoms with Gasteiger partial charge in [0.05, 0.1) is 0 Å². The Morgan fingerprint density at radius 1 is 1.44 bits per heavy atom. The van der Waals surface area contributed by atoms with E-state index in [0.29, 0.717) is 18.7 Å². The van der Waals surface area contributed by atoms with Gasteiger partial charge in [0.2, 0.25) is 0 Å². The molecule has 0 saturated heterocycles. The molecule has 0 saturated carbocycles. The number of carbonyl (C=O) groups excluding carboxylic acids is 1. The van der Waals surface area contributed by atoms with Crippen LogP contribution in [0.3, 0.4) is 0 Å². The second-order valence-electron chi connectivity index (χ2n) is 4.29. The summed E-state index contributed by atoms with van der Waals surface area (Å²) in [4.78, 5) is 28.4. The van der Waals surface area contributed by atoms with Crippen molar-refractivity contribution in [2.24, 2.45) is 0 Å². The van der Waals surface area contributed by atoms with Crippen LogP contribution in [0, 0.1) is 0 Å². The SMILES string of the molecule is CC1=CCN(C(=O)c2ccnc(C(=O)O)c2)CC1. The van der Waals surface area contributed by atoms with E-state index in [2.05, 4.69) is 4.98 Å². The Kier molecular flexibility index (Phi) is 3.41. The highest BCUT2D eigenvalue weighted by molar-refractivity contribution is 5.96. The van der Waals surface area contributed by atoms with E-state index >= 15 is 0 Å². The number of hydrogen-bond acceptors (Lipinski definition) is 3. The second-order valence-corrected chi connectivity index (χ2v) is 4.29. The van der Waals surface area contributed by atoms with E-state index < -0.39 is 5.97 Å². The summed E-state index contributed by atoms with van der Waals surface area (Å²) in [5.74, 6) is -1.28. The van der Waals surface area contributed by atoms with Crippen LogP contribution in [-0.4, -0.2) is 40.0 Å². The fourth-order valence-electron chi connectivity index (χ4n) is 1.82.